The van der Waals surface area contributed by atoms with Crippen LogP contribution in [0.25, 0.3) is 0 Å². The topological polar surface area (TPSA) is 169 Å². The molecule has 0 aliphatic carbocycles. The van der Waals surface area contributed by atoms with E-state index in [4.69, 9.17) is 9.84 Å². The third-order valence-electron chi connectivity index (χ3n) is 6.87. The molecular formula is C30H58NO10P. The minimum Gasteiger partial charge on any atom is -0.480 e. The van der Waals surface area contributed by atoms with Crippen LogP contribution in [0.2, 0.25) is 0 Å². The van der Waals surface area contributed by atoms with E-state index >= 15 is 0 Å². The lowest BCUT2D eigenvalue weighted by Gasteiger charge is -2.18. The standard InChI is InChI=1S/C30H58NO10P/c1-3-5-6-7-8-9-10-11-12-13-14-15-16-17-18-19-20-22-29(34)39-23-26(32)24-40-42(37,38)41-25-27(30(35)36)31-28(33)21-4-2/h26-27,32H,3-25H2,1-2H3,(H,31,33)(H,35,36)(H,37,38). The molecule has 0 aliphatic rings. The number of rotatable bonds is 30. The van der Waals surface area contributed by atoms with Crippen LogP contribution < -0.4 is 5.32 Å². The van der Waals surface area contributed by atoms with Crippen LogP contribution in [-0.2, 0) is 32.7 Å². The Labute approximate surface area is 253 Å². The number of carbonyl (C=O) groups excluding carboxylic acids is 2. The number of carboxylic acid groups (broad SMARTS) is 1. The minimum absolute atomic E-state index is 0.0987. The largest absolute Gasteiger partial charge is 0.480 e. The fraction of sp³-hybridized carbons (Fsp3) is 0.900. The van der Waals surface area contributed by atoms with E-state index in [1.165, 1.54) is 83.5 Å². The number of nitrogens with one attached hydrogen (secondary N) is 1. The van der Waals surface area contributed by atoms with Gasteiger partial charge in [0.25, 0.3) is 0 Å². The number of amides is 1. The predicted molar refractivity (Wildman–Crippen MR) is 162 cm³/mol. The van der Waals surface area contributed by atoms with Crippen molar-refractivity contribution in [1.29, 1.82) is 0 Å². The molecule has 1 amide bonds. The highest BCUT2D eigenvalue weighted by atomic mass is 31.2. The Balaban J connectivity index is 3.73. The van der Waals surface area contributed by atoms with Crippen molar-refractivity contribution in [3.05, 3.63) is 0 Å². The van der Waals surface area contributed by atoms with E-state index in [1.807, 2.05) is 0 Å². The summed E-state index contributed by atoms with van der Waals surface area (Å²) in [6.45, 7) is 2.11. The van der Waals surface area contributed by atoms with E-state index in [9.17, 15) is 28.9 Å². The number of carbonyl (C=O) groups is 3. The van der Waals surface area contributed by atoms with Crippen LogP contribution in [0, 0.1) is 0 Å². The molecular weight excluding hydrogens is 565 g/mol. The smallest absolute Gasteiger partial charge is 0.472 e. The first kappa shape index (κ1) is 40.5. The molecule has 0 spiro atoms. The molecule has 0 heterocycles. The molecule has 0 bridgehead atoms. The Morgan fingerprint density at radius 3 is 1.57 bits per heavy atom. The molecule has 0 fully saturated rings. The maximum Gasteiger partial charge on any atom is 0.472 e. The van der Waals surface area contributed by atoms with Gasteiger partial charge < -0.3 is 25.2 Å². The lowest BCUT2D eigenvalue weighted by atomic mass is 10.0. The highest BCUT2D eigenvalue weighted by molar-refractivity contribution is 7.47. The maximum atomic E-state index is 12.0. The summed E-state index contributed by atoms with van der Waals surface area (Å²) in [5.41, 5.74) is 0. The van der Waals surface area contributed by atoms with E-state index in [-0.39, 0.29) is 12.8 Å². The van der Waals surface area contributed by atoms with Gasteiger partial charge in [-0.05, 0) is 12.8 Å². The van der Waals surface area contributed by atoms with Crippen LogP contribution in [0.1, 0.15) is 142 Å². The van der Waals surface area contributed by atoms with Gasteiger partial charge in [0.05, 0.1) is 13.2 Å². The molecule has 0 radical (unpaired) electrons. The summed E-state index contributed by atoms with van der Waals surface area (Å²) in [5, 5.41) is 21.2. The Bertz CT molecular complexity index is 752. The van der Waals surface area contributed by atoms with Crippen molar-refractivity contribution < 1.29 is 47.8 Å². The molecule has 12 heteroatoms. The number of aliphatic hydroxyl groups is 1. The summed E-state index contributed by atoms with van der Waals surface area (Å²) in [6, 6.07) is -1.53. The van der Waals surface area contributed by atoms with Crippen molar-refractivity contribution in [2.75, 3.05) is 19.8 Å². The number of unbranched alkanes of at least 4 members (excludes halogenated alkanes) is 16. The van der Waals surface area contributed by atoms with Crippen LogP contribution in [0.5, 0.6) is 0 Å². The third-order valence-corrected chi connectivity index (χ3v) is 7.82. The Morgan fingerprint density at radius 2 is 1.12 bits per heavy atom. The number of hydrogen-bond donors (Lipinski definition) is 4. The number of aliphatic hydroxyl groups excluding tert-OH is 1. The fourth-order valence-corrected chi connectivity index (χ4v) is 5.13. The van der Waals surface area contributed by atoms with Gasteiger partial charge in [-0.15, -0.1) is 0 Å². The zero-order chi connectivity index (χ0) is 31.5. The zero-order valence-corrected chi connectivity index (χ0v) is 27.0. The fourth-order valence-electron chi connectivity index (χ4n) is 4.36. The summed E-state index contributed by atoms with van der Waals surface area (Å²) >= 11 is 0. The van der Waals surface area contributed by atoms with Crippen LogP contribution in [0.4, 0.5) is 0 Å². The molecule has 4 N–H and O–H groups in total. The number of hydrogen-bond acceptors (Lipinski definition) is 8. The van der Waals surface area contributed by atoms with Gasteiger partial charge in [0.2, 0.25) is 5.91 Å². The molecule has 0 aromatic heterocycles. The van der Waals surface area contributed by atoms with Crippen molar-refractivity contribution in [2.24, 2.45) is 0 Å². The quantitative estimate of drug-likeness (QED) is 0.0397. The van der Waals surface area contributed by atoms with Crippen molar-refractivity contribution in [3.63, 3.8) is 0 Å². The van der Waals surface area contributed by atoms with Crippen LogP contribution >= 0.6 is 7.82 Å². The molecule has 3 atom stereocenters. The van der Waals surface area contributed by atoms with Gasteiger partial charge in [-0.3, -0.25) is 18.6 Å². The van der Waals surface area contributed by atoms with Crippen LogP contribution in [0.3, 0.4) is 0 Å². The molecule has 0 aliphatic heterocycles. The van der Waals surface area contributed by atoms with E-state index in [2.05, 4.69) is 21.3 Å². The van der Waals surface area contributed by atoms with Gasteiger partial charge in [0.15, 0.2) is 6.04 Å². The third kappa shape index (κ3) is 26.1. The van der Waals surface area contributed by atoms with Crippen molar-refractivity contribution >= 4 is 25.7 Å². The molecule has 3 unspecified atom stereocenters. The van der Waals surface area contributed by atoms with Crippen molar-refractivity contribution in [1.82, 2.24) is 5.32 Å². The zero-order valence-electron chi connectivity index (χ0n) is 26.1. The molecule has 0 rings (SSSR count). The van der Waals surface area contributed by atoms with E-state index < -0.39 is 57.6 Å². The van der Waals surface area contributed by atoms with E-state index in [1.54, 1.807) is 6.92 Å². The first-order chi connectivity index (χ1) is 20.1. The lowest BCUT2D eigenvalue weighted by Crippen LogP contribution is -2.43. The Kier molecular flexibility index (Phi) is 26.1. The second-order valence-electron chi connectivity index (χ2n) is 11.0. The molecule has 0 saturated carbocycles. The normalized spacial score (nSPS) is 14.2. The minimum atomic E-state index is -4.71. The van der Waals surface area contributed by atoms with Crippen molar-refractivity contribution in [2.45, 2.75) is 154 Å². The van der Waals surface area contributed by atoms with E-state index in [0.717, 1.165) is 19.3 Å². The second-order valence-corrected chi connectivity index (χ2v) is 12.5. The number of phosphoric acid groups is 1. The number of carboxylic acids is 1. The molecule has 11 nitrogen and oxygen atoms in total. The first-order valence-electron chi connectivity index (χ1n) is 16.1. The summed E-state index contributed by atoms with van der Waals surface area (Å²) < 4.78 is 26.2. The maximum absolute atomic E-state index is 12.0. The van der Waals surface area contributed by atoms with Gasteiger partial charge in [0, 0.05) is 12.8 Å². The first-order valence-corrected chi connectivity index (χ1v) is 17.6. The molecule has 42 heavy (non-hydrogen) atoms. The van der Waals surface area contributed by atoms with Gasteiger partial charge in [-0.25, -0.2) is 9.36 Å². The summed E-state index contributed by atoms with van der Waals surface area (Å²) in [5.74, 6) is -2.44. The molecule has 0 aromatic carbocycles. The van der Waals surface area contributed by atoms with Gasteiger partial charge in [-0.1, -0.05) is 117 Å². The van der Waals surface area contributed by atoms with Crippen LogP contribution in [-0.4, -0.2) is 64.9 Å². The number of phosphoric ester groups is 1. The van der Waals surface area contributed by atoms with Gasteiger partial charge in [0.1, 0.15) is 12.7 Å². The van der Waals surface area contributed by atoms with E-state index in [0.29, 0.717) is 12.8 Å². The number of esters is 1. The predicted octanol–water partition coefficient (Wildman–Crippen LogP) is 6.44. The second kappa shape index (κ2) is 27.1. The average molecular weight is 624 g/mol. The molecule has 0 saturated heterocycles. The number of ether oxygens (including phenoxy) is 1. The molecule has 248 valence electrons. The lowest BCUT2D eigenvalue weighted by molar-refractivity contribution is -0.147. The average Bonchev–Trinajstić information content (AvgIpc) is 2.94. The van der Waals surface area contributed by atoms with Crippen molar-refractivity contribution in [3.8, 4) is 0 Å². The van der Waals surface area contributed by atoms with Gasteiger partial charge >= 0.3 is 19.8 Å². The van der Waals surface area contributed by atoms with Gasteiger partial charge in [-0.2, -0.15) is 0 Å². The number of aliphatic carboxylic acids is 1. The Morgan fingerprint density at radius 1 is 0.667 bits per heavy atom. The monoisotopic (exact) mass is 623 g/mol. The van der Waals surface area contributed by atoms with Crippen LogP contribution in [0.15, 0.2) is 0 Å². The highest BCUT2D eigenvalue weighted by Gasteiger charge is 2.28. The highest BCUT2D eigenvalue weighted by Crippen LogP contribution is 2.43. The summed E-state index contributed by atoms with van der Waals surface area (Å²) in [4.78, 5) is 44.4. The SMILES string of the molecule is CCCCCCCCCCCCCCCCCCCC(=O)OCC(O)COP(=O)(O)OCC(NC(=O)CCC)C(=O)O. The summed E-state index contributed by atoms with van der Waals surface area (Å²) in [7, 11) is -4.71. The summed E-state index contributed by atoms with van der Waals surface area (Å²) in [6.07, 6.45) is 20.7. The molecule has 0 aromatic rings. The Hall–Kier alpha value is -1.52.